The maximum atomic E-state index is 12.2. The molecule has 4 heterocycles. The lowest BCUT2D eigenvalue weighted by molar-refractivity contribution is -0.119. The monoisotopic (exact) mass is 956 g/mol. The summed E-state index contributed by atoms with van der Waals surface area (Å²) in [7, 11) is 0. The molecule has 0 atom stereocenters. The van der Waals surface area contributed by atoms with Gasteiger partial charge in [0.1, 0.15) is 11.6 Å². The molecule has 6 aromatic carbocycles. The topological polar surface area (TPSA) is 244 Å². The number of isocyanates is 1. The minimum atomic E-state index is -0.232. The number of phenolic OH excluding ortho intramolecular Hbond substituents is 4. The lowest BCUT2D eigenvalue weighted by Crippen LogP contribution is -2.03. The lowest BCUT2D eigenvalue weighted by atomic mass is 10.0. The van der Waals surface area contributed by atoms with E-state index in [1.54, 1.807) is 30.3 Å². The fourth-order valence-corrected chi connectivity index (χ4v) is 7.43. The quantitative estimate of drug-likeness (QED) is 0.0370. The average Bonchev–Trinajstić information content (AvgIpc) is 4.20. The van der Waals surface area contributed by atoms with E-state index in [-0.39, 0.29) is 61.4 Å². The Balaban J connectivity index is 0.000000144. The smallest absolute Gasteiger partial charge is 0.240 e. The van der Waals surface area contributed by atoms with Crippen molar-refractivity contribution in [2.75, 3.05) is 33.7 Å². The van der Waals surface area contributed by atoms with Gasteiger partial charge in [0.05, 0.1) is 5.69 Å². The molecular weight excluding hydrogens is 905 g/mol. The van der Waals surface area contributed by atoms with Crippen LogP contribution in [0, 0.1) is 0 Å². The van der Waals surface area contributed by atoms with E-state index in [1.165, 1.54) is 35.9 Å². The van der Waals surface area contributed by atoms with Crippen LogP contribution >= 0.6 is 0 Å². The number of ether oxygens (including phenoxy) is 8. The van der Waals surface area contributed by atoms with Gasteiger partial charge in [0.2, 0.25) is 33.3 Å². The van der Waals surface area contributed by atoms with Crippen LogP contribution in [0.15, 0.2) is 114 Å². The van der Waals surface area contributed by atoms with E-state index in [2.05, 4.69) is 4.99 Å². The first-order valence-corrected chi connectivity index (χ1v) is 22.4. The van der Waals surface area contributed by atoms with Gasteiger partial charge < -0.3 is 64.1 Å². The number of fused-ring (bicyclic) bond motifs is 4. The van der Waals surface area contributed by atoms with Gasteiger partial charge in [0, 0.05) is 31.7 Å². The molecule has 364 valence electrons. The van der Waals surface area contributed by atoms with E-state index < -0.39 is 0 Å². The molecule has 17 nitrogen and oxygen atoms in total. The molecule has 70 heavy (non-hydrogen) atoms. The van der Waals surface area contributed by atoms with Gasteiger partial charge in [-0.2, -0.15) is 4.99 Å². The van der Waals surface area contributed by atoms with Crippen molar-refractivity contribution in [3.8, 4) is 69.0 Å². The van der Waals surface area contributed by atoms with Gasteiger partial charge in [-0.15, -0.1) is 0 Å². The van der Waals surface area contributed by atoms with E-state index in [1.807, 2.05) is 54.6 Å². The molecule has 0 aromatic heterocycles. The highest BCUT2D eigenvalue weighted by atomic mass is 16.7. The van der Waals surface area contributed by atoms with Gasteiger partial charge in [0.15, 0.2) is 69.0 Å². The largest absolute Gasteiger partial charge is 0.504 e. The van der Waals surface area contributed by atoms with Gasteiger partial charge in [0.25, 0.3) is 0 Å². The summed E-state index contributed by atoms with van der Waals surface area (Å²) in [6.07, 6.45) is 6.84. The number of aryl methyl sites for hydroxylation is 2. The second kappa shape index (κ2) is 24.6. The number of aromatic hydroxyl groups is 4. The van der Waals surface area contributed by atoms with Crippen LogP contribution in [-0.4, -0.2) is 71.8 Å². The number of ketones is 2. The summed E-state index contributed by atoms with van der Waals surface area (Å²) in [6, 6.07) is 31.5. The molecule has 0 aliphatic carbocycles. The molecule has 0 unspecified atom stereocenters. The highest BCUT2D eigenvalue weighted by Crippen LogP contribution is 2.37. The van der Waals surface area contributed by atoms with Crippen LogP contribution in [0.4, 0.5) is 5.69 Å². The minimum absolute atomic E-state index is 0.0353. The van der Waals surface area contributed by atoms with Crippen molar-refractivity contribution in [3.05, 3.63) is 137 Å². The summed E-state index contributed by atoms with van der Waals surface area (Å²) in [5.41, 5.74) is 10.8. The van der Waals surface area contributed by atoms with E-state index in [9.17, 15) is 34.8 Å². The zero-order valence-electron chi connectivity index (χ0n) is 38.1. The van der Waals surface area contributed by atoms with Crippen molar-refractivity contribution >= 4 is 23.3 Å². The molecule has 0 saturated carbocycles. The first-order valence-electron chi connectivity index (χ1n) is 22.4. The van der Waals surface area contributed by atoms with Crippen molar-refractivity contribution in [2.24, 2.45) is 10.7 Å². The summed E-state index contributed by atoms with van der Waals surface area (Å²) in [5.74, 6) is 5.51. The molecular formula is C53H52N2O15. The standard InChI is InChI=1S/C19H18O5.C17H18O5.C9H11NO2.C8H5NO3/c20-15(8-14-5-7-17-19(10-14)24-12-22-17)3-1-2-13-4-6-16-18(9-13)23-11-21-16;18-13(8-12-5-7-15(20)17(22)10-12)3-1-2-11-4-6-14(19)16(21)9-11;10-4-3-7-1-2-8-9(5-7)12-6-11-8;10-4-9-6-1-2-7-8(3-6)12-5-11-7/h4-7,9-10H,1-3,8,11-12H2;4-7,9-10,19-22H,1-3,8H2;1-2,5H,3-4,6,10H2;1-3H,5H2. The van der Waals surface area contributed by atoms with Crippen LogP contribution in [0.25, 0.3) is 0 Å². The Hall–Kier alpha value is -8.40. The molecule has 0 spiro atoms. The van der Waals surface area contributed by atoms with E-state index in [0.29, 0.717) is 68.2 Å². The van der Waals surface area contributed by atoms with Crippen molar-refractivity contribution < 1.29 is 72.7 Å². The van der Waals surface area contributed by atoms with Crippen LogP contribution in [0.2, 0.25) is 0 Å². The predicted octanol–water partition coefficient (Wildman–Crippen LogP) is 8.22. The lowest BCUT2D eigenvalue weighted by Gasteiger charge is -2.05. The third-order valence-corrected chi connectivity index (χ3v) is 11.0. The summed E-state index contributed by atoms with van der Waals surface area (Å²) in [6.45, 7) is 1.76. The number of hydrogen-bond acceptors (Lipinski definition) is 17. The Morgan fingerprint density at radius 1 is 0.443 bits per heavy atom. The maximum Gasteiger partial charge on any atom is 0.240 e. The Morgan fingerprint density at radius 2 is 0.800 bits per heavy atom. The Morgan fingerprint density at radius 3 is 1.27 bits per heavy atom. The molecule has 0 saturated heterocycles. The Kier molecular flexibility index (Phi) is 17.4. The van der Waals surface area contributed by atoms with Gasteiger partial charge in [-0.1, -0.05) is 30.3 Å². The minimum Gasteiger partial charge on any atom is -0.504 e. The number of carbonyl (C=O) groups excluding carboxylic acids is 3. The third-order valence-electron chi connectivity index (χ3n) is 11.0. The number of carbonyl (C=O) groups is 2. The summed E-state index contributed by atoms with van der Waals surface area (Å²) in [5, 5.41) is 37.2. The second-order valence-electron chi connectivity index (χ2n) is 16.1. The van der Waals surface area contributed by atoms with Crippen LogP contribution in [-0.2, 0) is 46.5 Å². The second-order valence-corrected chi connectivity index (χ2v) is 16.1. The number of nitrogens with zero attached hydrogens (tertiary/aromatic N) is 1. The third kappa shape index (κ3) is 14.3. The zero-order valence-corrected chi connectivity index (χ0v) is 38.1. The molecule has 10 rings (SSSR count). The van der Waals surface area contributed by atoms with Crippen molar-refractivity contribution in [2.45, 2.75) is 57.8 Å². The fraction of sp³-hybridized carbons (Fsp3) is 0.264. The summed E-state index contributed by atoms with van der Waals surface area (Å²) < 4.78 is 41.8. The summed E-state index contributed by atoms with van der Waals surface area (Å²) in [4.78, 5) is 37.4. The van der Waals surface area contributed by atoms with Crippen LogP contribution < -0.4 is 43.6 Å². The highest BCUT2D eigenvalue weighted by Gasteiger charge is 2.17. The van der Waals surface area contributed by atoms with E-state index >= 15 is 0 Å². The number of aliphatic imine (C=N–C) groups is 1. The Bertz CT molecular complexity index is 2830. The molecule has 6 N–H and O–H groups in total. The number of rotatable bonds is 15. The van der Waals surface area contributed by atoms with Crippen LogP contribution in [0.5, 0.6) is 69.0 Å². The Labute approximate surface area is 403 Å². The molecule has 17 heteroatoms. The zero-order chi connectivity index (χ0) is 49.2. The van der Waals surface area contributed by atoms with Crippen molar-refractivity contribution in [1.82, 2.24) is 0 Å². The first-order chi connectivity index (χ1) is 34.0. The molecule has 0 bridgehead atoms. The fourth-order valence-electron chi connectivity index (χ4n) is 7.43. The molecule has 4 aliphatic rings. The van der Waals surface area contributed by atoms with E-state index in [0.717, 1.165) is 70.4 Å². The summed E-state index contributed by atoms with van der Waals surface area (Å²) >= 11 is 0. The maximum absolute atomic E-state index is 12.2. The molecule has 6 aromatic rings. The van der Waals surface area contributed by atoms with Crippen LogP contribution in [0.1, 0.15) is 53.5 Å². The molecule has 0 radical (unpaired) electrons. The molecule has 4 aliphatic heterocycles. The van der Waals surface area contributed by atoms with Gasteiger partial charge in [-0.25, -0.2) is 4.79 Å². The van der Waals surface area contributed by atoms with E-state index in [4.69, 9.17) is 43.6 Å². The average molecular weight is 957 g/mol. The van der Waals surface area contributed by atoms with Gasteiger partial charge in [-0.05, 0) is 139 Å². The number of phenols is 4. The SMILES string of the molecule is NCCc1ccc2c(c1)OCO2.O=C(CCCc1ccc(O)c(O)c1)Cc1ccc(O)c(O)c1.O=C(CCCc1ccc2c(c1)OCO2)Cc1ccc2c(c1)OCO2.O=C=Nc1ccc2c(c1)OCO2. The molecule has 0 fully saturated rings. The van der Waals surface area contributed by atoms with Gasteiger partial charge in [-0.3, -0.25) is 9.59 Å². The first kappa shape index (κ1) is 49.5. The van der Waals surface area contributed by atoms with Crippen molar-refractivity contribution in [3.63, 3.8) is 0 Å². The number of nitrogens with two attached hydrogens (primary N) is 1. The number of Topliss-reactive ketones (excluding diaryl/α,β-unsaturated/α-hetero) is 2. The molecule has 0 amide bonds. The van der Waals surface area contributed by atoms with Gasteiger partial charge >= 0.3 is 0 Å². The number of hydrogen-bond donors (Lipinski definition) is 5. The number of benzene rings is 6. The predicted molar refractivity (Wildman–Crippen MR) is 254 cm³/mol. The highest BCUT2D eigenvalue weighted by molar-refractivity contribution is 5.81. The normalized spacial score (nSPS) is 12.5. The van der Waals surface area contributed by atoms with Crippen LogP contribution in [0.3, 0.4) is 0 Å². The van der Waals surface area contributed by atoms with Crippen molar-refractivity contribution in [1.29, 1.82) is 0 Å².